The maximum atomic E-state index is 13.7. The van der Waals surface area contributed by atoms with E-state index in [9.17, 15) is 24.4 Å². The summed E-state index contributed by atoms with van der Waals surface area (Å²) in [5.41, 5.74) is 5.66. The molecule has 0 radical (unpaired) electrons. The Morgan fingerprint density at radius 3 is 2.54 bits per heavy atom. The fourth-order valence-electron chi connectivity index (χ4n) is 4.03. The van der Waals surface area contributed by atoms with Crippen LogP contribution < -0.4 is 15.3 Å². The number of nitrogens with zero attached hydrogens (tertiary/aromatic N) is 1. The van der Waals surface area contributed by atoms with Gasteiger partial charge in [-0.15, -0.1) is 0 Å². The van der Waals surface area contributed by atoms with Gasteiger partial charge in [0.1, 0.15) is 30.1 Å². The Labute approximate surface area is 228 Å². The van der Waals surface area contributed by atoms with Crippen molar-refractivity contribution in [3.8, 4) is 5.75 Å². The zero-order chi connectivity index (χ0) is 28.6. The average molecular weight is 568 g/mol. The summed E-state index contributed by atoms with van der Waals surface area (Å²) < 4.78 is 36.2. The predicted molar refractivity (Wildman–Crippen MR) is 142 cm³/mol. The molecule has 39 heavy (non-hydrogen) atoms. The highest BCUT2D eigenvalue weighted by Crippen LogP contribution is 2.45. The summed E-state index contributed by atoms with van der Waals surface area (Å²) >= 11 is 0. The smallest absolute Gasteiger partial charge is 0.459 e. The van der Waals surface area contributed by atoms with Gasteiger partial charge in [0.25, 0.3) is 0 Å². The summed E-state index contributed by atoms with van der Waals surface area (Å²) in [7, 11) is -4.21. The number of nitrogens with one attached hydrogen (secondary N) is 1. The molecule has 1 aromatic rings. The van der Waals surface area contributed by atoms with Crippen LogP contribution in [-0.2, 0) is 28.2 Å². The molecule has 216 valence electrons. The number of esters is 1. The van der Waals surface area contributed by atoms with Crippen molar-refractivity contribution in [3.05, 3.63) is 54.4 Å². The fraction of sp³-hybridized carbons (Fsp3) is 0.538. The molecule has 1 aromatic carbocycles. The van der Waals surface area contributed by atoms with Gasteiger partial charge in [-0.3, -0.25) is 14.1 Å². The van der Waals surface area contributed by atoms with Crippen molar-refractivity contribution in [1.82, 2.24) is 9.99 Å². The second-order valence-electron chi connectivity index (χ2n) is 9.46. The van der Waals surface area contributed by atoms with Gasteiger partial charge in [0, 0.05) is 18.0 Å². The molecule has 1 amide bonds. The van der Waals surface area contributed by atoms with E-state index in [2.05, 4.69) is 5.09 Å². The van der Waals surface area contributed by atoms with Crippen molar-refractivity contribution in [3.63, 3.8) is 0 Å². The number of rotatable bonds is 14. The van der Waals surface area contributed by atoms with E-state index in [1.807, 2.05) is 13.8 Å². The molecule has 6 atom stereocenters. The van der Waals surface area contributed by atoms with Gasteiger partial charge in [0.2, 0.25) is 5.91 Å². The molecular weight excluding hydrogens is 529 g/mol. The van der Waals surface area contributed by atoms with E-state index in [-0.39, 0.29) is 18.3 Å². The van der Waals surface area contributed by atoms with Gasteiger partial charge >= 0.3 is 13.7 Å². The van der Waals surface area contributed by atoms with Crippen molar-refractivity contribution in [1.29, 1.82) is 0 Å². The standard InChI is InChI=1S/C26H38N3O9P/c1-4-18(5-2)15-35-26(33)17(3)28-39(34,38-20-11-7-6-8-12-20)36-16-21-22(30)23(31)25(37-21)29-13-9-10-19(14-29)24(27)32/h6-9,11-14,17-18,21-23,25,30-31H,4-5,10,15-16H2,1-3H3,(H2,27,32)(H,28,34)/t17?,21-,22-,23-,25-,39?/m1/s1. The van der Waals surface area contributed by atoms with Crippen molar-refractivity contribution in [2.75, 3.05) is 13.2 Å². The summed E-state index contributed by atoms with van der Waals surface area (Å²) in [6.07, 6.45) is 1.77. The Balaban J connectivity index is 1.69. The molecule has 2 heterocycles. The van der Waals surface area contributed by atoms with Crippen LogP contribution in [0, 0.1) is 5.92 Å². The molecule has 0 aliphatic carbocycles. The van der Waals surface area contributed by atoms with Crippen molar-refractivity contribution >= 4 is 19.6 Å². The maximum Gasteiger partial charge on any atom is 0.459 e. The highest BCUT2D eigenvalue weighted by Gasteiger charge is 2.46. The summed E-state index contributed by atoms with van der Waals surface area (Å²) in [6, 6.07) is 7.20. The van der Waals surface area contributed by atoms with Crippen LogP contribution in [0.25, 0.3) is 0 Å². The third kappa shape index (κ3) is 8.38. The molecule has 2 aliphatic rings. The Morgan fingerprint density at radius 1 is 1.21 bits per heavy atom. The Bertz CT molecular complexity index is 1080. The average Bonchev–Trinajstić information content (AvgIpc) is 3.21. The fourth-order valence-corrected chi connectivity index (χ4v) is 5.54. The number of para-hydroxylation sites is 1. The lowest BCUT2D eigenvalue weighted by atomic mass is 10.1. The quantitative estimate of drug-likeness (QED) is 0.192. The number of aliphatic hydroxyl groups excluding tert-OH is 2. The van der Waals surface area contributed by atoms with E-state index in [0.717, 1.165) is 12.8 Å². The first-order chi connectivity index (χ1) is 18.6. The van der Waals surface area contributed by atoms with Gasteiger partial charge in [-0.2, -0.15) is 5.09 Å². The number of allylic oxidation sites excluding steroid dienone is 1. The van der Waals surface area contributed by atoms with Gasteiger partial charge in [0.15, 0.2) is 6.23 Å². The zero-order valence-electron chi connectivity index (χ0n) is 22.3. The summed E-state index contributed by atoms with van der Waals surface area (Å²) in [4.78, 5) is 25.6. The Hall–Kier alpha value is -2.73. The normalized spacial score (nSPS) is 25.2. The van der Waals surface area contributed by atoms with E-state index in [0.29, 0.717) is 12.0 Å². The van der Waals surface area contributed by atoms with Crippen molar-refractivity contribution in [2.24, 2.45) is 11.7 Å². The largest absolute Gasteiger partial charge is 0.464 e. The number of primary amides is 1. The summed E-state index contributed by atoms with van der Waals surface area (Å²) in [6.45, 7) is 5.28. The van der Waals surface area contributed by atoms with Gasteiger partial charge in [0.05, 0.1) is 13.2 Å². The molecule has 0 saturated carbocycles. The van der Waals surface area contributed by atoms with E-state index in [1.165, 1.54) is 18.0 Å². The van der Waals surface area contributed by atoms with Gasteiger partial charge in [-0.05, 0) is 31.4 Å². The van der Waals surface area contributed by atoms with Gasteiger partial charge < -0.3 is 34.8 Å². The highest BCUT2D eigenvalue weighted by atomic mass is 31.2. The Morgan fingerprint density at radius 2 is 1.90 bits per heavy atom. The summed E-state index contributed by atoms with van der Waals surface area (Å²) in [5, 5.41) is 23.8. The monoisotopic (exact) mass is 567 g/mol. The molecule has 2 aliphatic heterocycles. The first-order valence-corrected chi connectivity index (χ1v) is 14.5. The number of ether oxygens (including phenoxy) is 2. The third-order valence-corrected chi connectivity index (χ3v) is 8.21. The van der Waals surface area contributed by atoms with Crippen LogP contribution in [-0.4, -0.2) is 70.8 Å². The second kappa shape index (κ2) is 14.1. The zero-order valence-corrected chi connectivity index (χ0v) is 23.2. The van der Waals surface area contributed by atoms with Gasteiger partial charge in [-0.25, -0.2) is 4.57 Å². The van der Waals surface area contributed by atoms with Crippen LogP contribution in [0.5, 0.6) is 5.75 Å². The number of aliphatic hydroxyl groups is 2. The van der Waals surface area contributed by atoms with E-state index in [1.54, 1.807) is 42.6 Å². The molecule has 5 N–H and O–H groups in total. The molecule has 1 fully saturated rings. The first kappa shape index (κ1) is 30.8. The SMILES string of the molecule is CCC(CC)COC(=O)C(C)NP(=O)(OC[C@H]1O[C@@H](N2C=CCC(C(N)=O)=C2)[C@H](O)[C@@H]1O)Oc1ccccc1. The first-order valence-electron chi connectivity index (χ1n) is 13.0. The number of carbonyl (C=O) groups is 2. The minimum atomic E-state index is -4.21. The number of hydrogen-bond acceptors (Lipinski definition) is 10. The van der Waals surface area contributed by atoms with Crippen LogP contribution in [0.15, 0.2) is 54.4 Å². The predicted octanol–water partition coefficient (Wildman–Crippen LogP) is 2.18. The Kier molecular flexibility index (Phi) is 11.1. The lowest BCUT2D eigenvalue weighted by Crippen LogP contribution is -2.40. The van der Waals surface area contributed by atoms with Crippen LogP contribution >= 0.6 is 7.75 Å². The van der Waals surface area contributed by atoms with Crippen molar-refractivity contribution < 1.29 is 42.9 Å². The highest BCUT2D eigenvalue weighted by molar-refractivity contribution is 7.52. The molecule has 0 bridgehead atoms. The minimum absolute atomic E-state index is 0.216. The molecule has 0 aromatic heterocycles. The molecule has 12 nitrogen and oxygen atoms in total. The molecule has 3 rings (SSSR count). The number of carbonyl (C=O) groups excluding carboxylic acids is 2. The number of nitrogens with two attached hydrogens (primary N) is 1. The lowest BCUT2D eigenvalue weighted by molar-refractivity contribution is -0.146. The summed E-state index contributed by atoms with van der Waals surface area (Å²) in [5.74, 6) is -0.799. The number of benzene rings is 1. The van der Waals surface area contributed by atoms with Crippen LogP contribution in [0.4, 0.5) is 0 Å². The molecule has 0 spiro atoms. The molecular formula is C26H38N3O9P. The minimum Gasteiger partial charge on any atom is -0.464 e. The number of hydrogen-bond donors (Lipinski definition) is 4. The van der Waals surface area contributed by atoms with Crippen LogP contribution in [0.1, 0.15) is 40.0 Å². The van der Waals surface area contributed by atoms with Crippen LogP contribution in [0.2, 0.25) is 0 Å². The lowest BCUT2D eigenvalue weighted by Gasteiger charge is -2.28. The molecule has 2 unspecified atom stereocenters. The molecule has 1 saturated heterocycles. The van der Waals surface area contributed by atoms with Crippen LogP contribution in [0.3, 0.4) is 0 Å². The van der Waals surface area contributed by atoms with E-state index in [4.69, 9.17) is 24.3 Å². The maximum absolute atomic E-state index is 13.7. The van der Waals surface area contributed by atoms with E-state index < -0.39 is 56.8 Å². The van der Waals surface area contributed by atoms with Gasteiger partial charge in [-0.1, -0.05) is 51.0 Å². The van der Waals surface area contributed by atoms with E-state index >= 15 is 0 Å². The number of amides is 1. The molecule has 13 heteroatoms. The topological polar surface area (TPSA) is 170 Å². The second-order valence-corrected chi connectivity index (χ2v) is 11.2. The third-order valence-electron chi connectivity index (χ3n) is 6.57. The van der Waals surface area contributed by atoms with Crippen molar-refractivity contribution in [2.45, 2.75) is 70.6 Å².